The van der Waals surface area contributed by atoms with Crippen LogP contribution >= 0.6 is 0 Å². The van der Waals surface area contributed by atoms with E-state index in [0.29, 0.717) is 17.7 Å². The van der Waals surface area contributed by atoms with Crippen molar-refractivity contribution >= 4 is 5.84 Å². The van der Waals surface area contributed by atoms with Crippen LogP contribution in [0.5, 0.6) is 0 Å². The molecule has 0 saturated carbocycles. The minimum Gasteiger partial charge on any atom is -0.409 e. The summed E-state index contributed by atoms with van der Waals surface area (Å²) in [6, 6.07) is 4.30. The van der Waals surface area contributed by atoms with Gasteiger partial charge < -0.3 is 10.9 Å². The topological polar surface area (TPSA) is 74.7 Å². The zero-order valence-electron chi connectivity index (χ0n) is 12.2. The Labute approximate surface area is 115 Å². The molecule has 3 N–H and O–H groups in total. The lowest BCUT2D eigenvalue weighted by Crippen LogP contribution is -2.31. The minimum absolute atomic E-state index is 0.0560. The largest absolute Gasteiger partial charge is 0.409 e. The molecule has 0 aliphatic rings. The zero-order valence-corrected chi connectivity index (χ0v) is 12.2. The highest BCUT2D eigenvalue weighted by atomic mass is 16.4. The van der Waals surface area contributed by atoms with Crippen molar-refractivity contribution in [3.63, 3.8) is 0 Å². The molecule has 0 bridgehead atoms. The molecular weight excluding hydrogens is 240 g/mol. The van der Waals surface area contributed by atoms with E-state index in [1.54, 1.807) is 6.20 Å². The molecule has 0 fully saturated rings. The average molecular weight is 264 g/mol. The van der Waals surface area contributed by atoms with Crippen molar-refractivity contribution < 1.29 is 5.21 Å². The van der Waals surface area contributed by atoms with Crippen molar-refractivity contribution in [1.82, 2.24) is 9.88 Å². The van der Waals surface area contributed by atoms with E-state index in [9.17, 15) is 0 Å². The Hall–Kier alpha value is -1.62. The molecule has 0 saturated heterocycles. The molecule has 1 rings (SSSR count). The summed E-state index contributed by atoms with van der Waals surface area (Å²) in [5.74, 6) is 0.718. The van der Waals surface area contributed by atoms with Gasteiger partial charge in [-0.15, -0.1) is 0 Å². The first-order chi connectivity index (χ1) is 8.95. The summed E-state index contributed by atoms with van der Waals surface area (Å²) in [5, 5.41) is 11.8. The molecule has 0 spiro atoms. The molecule has 5 nitrogen and oxygen atoms in total. The van der Waals surface area contributed by atoms with Gasteiger partial charge in [-0.25, -0.2) is 0 Å². The maximum Gasteiger partial charge on any atom is 0.189 e. The Bertz CT molecular complexity index is 431. The number of amidine groups is 1. The maximum absolute atomic E-state index is 8.78. The van der Waals surface area contributed by atoms with Gasteiger partial charge in [0.15, 0.2) is 5.84 Å². The van der Waals surface area contributed by atoms with Crippen LogP contribution in [0.1, 0.15) is 38.4 Å². The fourth-order valence-corrected chi connectivity index (χ4v) is 2.13. The Balaban J connectivity index is 2.82. The van der Waals surface area contributed by atoms with Crippen molar-refractivity contribution in [2.75, 3.05) is 7.05 Å². The Kier molecular flexibility index (Phi) is 5.76. The molecule has 0 radical (unpaired) electrons. The van der Waals surface area contributed by atoms with Crippen molar-refractivity contribution in [2.24, 2.45) is 16.8 Å². The number of hydrogen-bond donors (Lipinski definition) is 2. The van der Waals surface area contributed by atoms with Crippen molar-refractivity contribution in [3.8, 4) is 0 Å². The van der Waals surface area contributed by atoms with Crippen molar-refractivity contribution in [3.05, 3.63) is 29.6 Å². The summed E-state index contributed by atoms with van der Waals surface area (Å²) in [4.78, 5) is 6.44. The molecule has 1 unspecified atom stereocenters. The number of nitrogens with zero attached hydrogens (tertiary/aromatic N) is 3. The summed E-state index contributed by atoms with van der Waals surface area (Å²) in [5.41, 5.74) is 7.16. The fraction of sp³-hybridized carbons (Fsp3) is 0.571. The molecule has 0 aliphatic carbocycles. The number of oxime groups is 1. The standard InChI is InChI=1S/C14H24N4O/c1-10(2)8-11(3)18(4)9-12-6-5-7-16-13(12)14(15)17-19/h5-7,10-11,19H,8-9H2,1-4H3,(H2,15,17). The van der Waals surface area contributed by atoms with Crippen LogP contribution in [0.4, 0.5) is 0 Å². The Morgan fingerprint density at radius 2 is 2.16 bits per heavy atom. The summed E-state index contributed by atoms with van der Waals surface area (Å²) in [7, 11) is 2.08. The lowest BCUT2D eigenvalue weighted by molar-refractivity contribution is 0.220. The summed E-state index contributed by atoms with van der Waals surface area (Å²) in [6.07, 6.45) is 2.78. The van der Waals surface area contributed by atoms with E-state index in [-0.39, 0.29) is 5.84 Å². The molecule has 0 amide bonds. The molecular formula is C14H24N4O. The molecule has 0 aromatic carbocycles. The monoisotopic (exact) mass is 264 g/mol. The number of rotatable bonds is 6. The molecule has 5 heteroatoms. The quantitative estimate of drug-likeness (QED) is 0.357. The molecule has 106 valence electrons. The predicted molar refractivity (Wildman–Crippen MR) is 77.1 cm³/mol. The van der Waals surface area contributed by atoms with Crippen LogP contribution in [0.25, 0.3) is 0 Å². The summed E-state index contributed by atoms with van der Waals surface area (Å²) in [6.45, 7) is 7.37. The zero-order chi connectivity index (χ0) is 14.4. The summed E-state index contributed by atoms with van der Waals surface area (Å²) >= 11 is 0. The molecule has 1 atom stereocenters. The average Bonchev–Trinajstić information content (AvgIpc) is 2.37. The van der Waals surface area contributed by atoms with Gasteiger partial charge in [-0.3, -0.25) is 9.88 Å². The number of nitrogens with two attached hydrogens (primary N) is 1. The second kappa shape index (κ2) is 7.09. The number of hydrogen-bond acceptors (Lipinski definition) is 4. The van der Waals surface area contributed by atoms with E-state index in [1.165, 1.54) is 0 Å². The van der Waals surface area contributed by atoms with Crippen LogP contribution in [0.3, 0.4) is 0 Å². The first kappa shape index (κ1) is 15.4. The highest BCUT2D eigenvalue weighted by Gasteiger charge is 2.15. The van der Waals surface area contributed by atoms with Gasteiger partial charge in [0, 0.05) is 18.8 Å². The smallest absolute Gasteiger partial charge is 0.189 e. The van der Waals surface area contributed by atoms with Gasteiger partial charge in [0.05, 0.1) is 0 Å². The van der Waals surface area contributed by atoms with Gasteiger partial charge >= 0.3 is 0 Å². The highest BCUT2D eigenvalue weighted by Crippen LogP contribution is 2.14. The first-order valence-electron chi connectivity index (χ1n) is 6.57. The van der Waals surface area contributed by atoms with Gasteiger partial charge in [-0.2, -0.15) is 0 Å². The molecule has 1 aromatic heterocycles. The molecule has 1 aromatic rings. The second-order valence-corrected chi connectivity index (χ2v) is 5.39. The van der Waals surface area contributed by atoms with Crippen LogP contribution in [-0.4, -0.2) is 34.0 Å². The van der Waals surface area contributed by atoms with Crippen LogP contribution in [0.2, 0.25) is 0 Å². The van der Waals surface area contributed by atoms with Gasteiger partial charge in [-0.05, 0) is 37.9 Å². The fourth-order valence-electron chi connectivity index (χ4n) is 2.13. The normalized spacial score (nSPS) is 14.1. The van der Waals surface area contributed by atoms with Crippen LogP contribution in [0.15, 0.2) is 23.5 Å². The van der Waals surface area contributed by atoms with E-state index >= 15 is 0 Å². The van der Waals surface area contributed by atoms with E-state index in [1.807, 2.05) is 12.1 Å². The van der Waals surface area contributed by atoms with E-state index in [0.717, 1.165) is 18.5 Å². The molecule has 19 heavy (non-hydrogen) atoms. The van der Waals surface area contributed by atoms with Gasteiger partial charge in [0.25, 0.3) is 0 Å². The van der Waals surface area contributed by atoms with E-state index in [2.05, 4.69) is 42.9 Å². The lowest BCUT2D eigenvalue weighted by Gasteiger charge is -2.26. The van der Waals surface area contributed by atoms with Crippen LogP contribution < -0.4 is 5.73 Å². The number of aromatic nitrogens is 1. The number of pyridine rings is 1. The predicted octanol–water partition coefficient (Wildman–Crippen LogP) is 2.04. The van der Waals surface area contributed by atoms with E-state index in [4.69, 9.17) is 10.9 Å². The van der Waals surface area contributed by atoms with Crippen LogP contribution in [0, 0.1) is 5.92 Å². The lowest BCUT2D eigenvalue weighted by atomic mass is 10.0. The third-order valence-electron chi connectivity index (χ3n) is 3.23. The molecule has 0 aliphatic heterocycles. The van der Waals surface area contributed by atoms with Crippen molar-refractivity contribution in [2.45, 2.75) is 39.8 Å². The van der Waals surface area contributed by atoms with Gasteiger partial charge in [0.2, 0.25) is 0 Å². The van der Waals surface area contributed by atoms with Crippen molar-refractivity contribution in [1.29, 1.82) is 0 Å². The Morgan fingerprint density at radius 1 is 1.47 bits per heavy atom. The maximum atomic E-state index is 8.78. The molecule has 1 heterocycles. The van der Waals surface area contributed by atoms with Crippen LogP contribution in [-0.2, 0) is 6.54 Å². The SMILES string of the molecule is CC(C)CC(C)N(C)Cc1cccnc1C(N)=NO. The highest BCUT2D eigenvalue weighted by molar-refractivity contribution is 5.96. The van der Waals surface area contributed by atoms with Gasteiger partial charge in [0.1, 0.15) is 5.69 Å². The Morgan fingerprint density at radius 3 is 2.74 bits per heavy atom. The van der Waals surface area contributed by atoms with Gasteiger partial charge in [-0.1, -0.05) is 25.1 Å². The second-order valence-electron chi connectivity index (χ2n) is 5.39. The third kappa shape index (κ3) is 4.52. The third-order valence-corrected chi connectivity index (χ3v) is 3.23. The van der Waals surface area contributed by atoms with E-state index < -0.39 is 0 Å². The first-order valence-corrected chi connectivity index (χ1v) is 6.57. The minimum atomic E-state index is 0.0560. The summed E-state index contributed by atoms with van der Waals surface area (Å²) < 4.78 is 0.